The van der Waals surface area contributed by atoms with Crippen molar-refractivity contribution in [2.24, 2.45) is 0 Å². The Hall–Kier alpha value is -0.840. The Balaban J connectivity index is 1.96. The molecule has 1 unspecified atom stereocenters. The summed E-state index contributed by atoms with van der Waals surface area (Å²) in [6, 6.07) is 8.89. The zero-order valence-electron chi connectivity index (χ0n) is 11.4. The number of thiophene rings is 1. The van der Waals surface area contributed by atoms with Gasteiger partial charge in [0.25, 0.3) is 0 Å². The molecule has 0 bridgehead atoms. The Morgan fingerprint density at radius 3 is 3.14 bits per heavy atom. The second kappa shape index (κ2) is 5.41. The predicted molar refractivity (Wildman–Crippen MR) is 92.4 cm³/mol. The van der Waals surface area contributed by atoms with Gasteiger partial charge in [-0.05, 0) is 54.5 Å². The average Bonchev–Trinajstić information content (AvgIpc) is 3.10. The second-order valence-electron chi connectivity index (χ2n) is 5.37. The first-order valence-electron chi connectivity index (χ1n) is 7.06. The van der Waals surface area contributed by atoms with Crippen molar-refractivity contribution >= 4 is 49.9 Å². The fraction of sp³-hybridized carbons (Fsp3) is 0.312. The van der Waals surface area contributed by atoms with Crippen molar-refractivity contribution in [3.8, 4) is 0 Å². The van der Waals surface area contributed by atoms with Crippen LogP contribution < -0.4 is 0 Å². The lowest BCUT2D eigenvalue weighted by molar-refractivity contribution is 0.495. The summed E-state index contributed by atoms with van der Waals surface area (Å²) in [6.07, 6.45) is 3.59. The van der Waals surface area contributed by atoms with Gasteiger partial charge in [0.05, 0.1) is 23.0 Å². The molecule has 1 aromatic carbocycles. The topological polar surface area (TPSA) is 17.8 Å². The Morgan fingerprint density at radius 1 is 1.38 bits per heavy atom. The Morgan fingerprint density at radius 2 is 2.29 bits per heavy atom. The zero-order chi connectivity index (χ0) is 14.4. The van der Waals surface area contributed by atoms with E-state index in [2.05, 4.69) is 44.1 Å². The van der Waals surface area contributed by atoms with Gasteiger partial charge in [0.1, 0.15) is 5.82 Å². The van der Waals surface area contributed by atoms with Crippen LogP contribution >= 0.6 is 38.9 Å². The minimum atomic E-state index is 0.369. The molecule has 0 N–H and O–H groups in total. The van der Waals surface area contributed by atoms with Crippen LogP contribution in [0.15, 0.2) is 34.1 Å². The molecule has 0 aliphatic heterocycles. The lowest BCUT2D eigenvalue weighted by Gasteiger charge is -2.26. The van der Waals surface area contributed by atoms with Gasteiger partial charge in [-0.1, -0.05) is 15.9 Å². The molecular formula is C16H14BrClN2S. The molecule has 4 rings (SSSR count). The van der Waals surface area contributed by atoms with Gasteiger partial charge in [-0.25, -0.2) is 4.98 Å². The smallest absolute Gasteiger partial charge is 0.125 e. The third kappa shape index (κ3) is 2.24. The van der Waals surface area contributed by atoms with Gasteiger partial charge < -0.3 is 4.57 Å². The second-order valence-corrected chi connectivity index (χ2v) is 7.56. The number of benzene rings is 1. The molecule has 21 heavy (non-hydrogen) atoms. The van der Waals surface area contributed by atoms with Crippen molar-refractivity contribution in [1.82, 2.24) is 9.55 Å². The van der Waals surface area contributed by atoms with Gasteiger partial charge in [0, 0.05) is 9.35 Å². The minimum Gasteiger partial charge on any atom is -0.319 e. The number of alkyl halides is 1. The molecule has 1 atom stereocenters. The third-order valence-electron chi connectivity index (χ3n) is 4.18. The SMILES string of the molecule is ClCc1nc2ccc(Br)cc2n1C1CCCc2sccc21. The number of nitrogens with zero attached hydrogens (tertiary/aromatic N) is 2. The summed E-state index contributed by atoms with van der Waals surface area (Å²) in [5.41, 5.74) is 3.65. The van der Waals surface area contributed by atoms with Crippen molar-refractivity contribution < 1.29 is 0 Å². The molecule has 0 amide bonds. The van der Waals surface area contributed by atoms with Gasteiger partial charge in [-0.2, -0.15) is 0 Å². The molecule has 1 aliphatic carbocycles. The number of hydrogen-bond acceptors (Lipinski definition) is 2. The number of hydrogen-bond donors (Lipinski definition) is 0. The van der Waals surface area contributed by atoms with Crippen LogP contribution in [0.5, 0.6) is 0 Å². The van der Waals surface area contributed by atoms with E-state index < -0.39 is 0 Å². The number of fused-ring (bicyclic) bond motifs is 2. The fourth-order valence-corrected chi connectivity index (χ4v) is 4.81. The Labute approximate surface area is 140 Å². The lowest BCUT2D eigenvalue weighted by atomic mass is 9.93. The maximum atomic E-state index is 6.17. The number of imidazole rings is 1. The number of halogens is 2. The van der Waals surface area contributed by atoms with Crippen LogP contribution in [0.3, 0.4) is 0 Å². The third-order valence-corrected chi connectivity index (χ3v) is 5.90. The van der Waals surface area contributed by atoms with E-state index in [0.717, 1.165) is 22.2 Å². The van der Waals surface area contributed by atoms with Crippen LogP contribution in [-0.4, -0.2) is 9.55 Å². The zero-order valence-corrected chi connectivity index (χ0v) is 14.5. The van der Waals surface area contributed by atoms with Gasteiger partial charge >= 0.3 is 0 Å². The largest absolute Gasteiger partial charge is 0.319 e. The molecule has 0 saturated carbocycles. The summed E-state index contributed by atoms with van der Waals surface area (Å²) in [5, 5.41) is 2.21. The summed E-state index contributed by atoms with van der Waals surface area (Å²) >= 11 is 11.6. The van der Waals surface area contributed by atoms with E-state index in [0.29, 0.717) is 11.9 Å². The van der Waals surface area contributed by atoms with Crippen LogP contribution in [-0.2, 0) is 12.3 Å². The number of rotatable bonds is 2. The van der Waals surface area contributed by atoms with Crippen molar-refractivity contribution in [3.63, 3.8) is 0 Å². The van der Waals surface area contributed by atoms with E-state index in [-0.39, 0.29) is 0 Å². The summed E-state index contributed by atoms with van der Waals surface area (Å²) in [6.45, 7) is 0. The monoisotopic (exact) mass is 380 g/mol. The van der Waals surface area contributed by atoms with Crippen LogP contribution in [0.1, 0.15) is 35.1 Å². The molecule has 0 fully saturated rings. The van der Waals surface area contributed by atoms with Crippen LogP contribution in [0.4, 0.5) is 0 Å². The normalized spacial score (nSPS) is 18.1. The number of aromatic nitrogens is 2. The van der Waals surface area contributed by atoms with Gasteiger partial charge in [-0.15, -0.1) is 22.9 Å². The molecular weight excluding hydrogens is 368 g/mol. The maximum Gasteiger partial charge on any atom is 0.125 e. The lowest BCUT2D eigenvalue weighted by Crippen LogP contribution is -2.17. The van der Waals surface area contributed by atoms with Gasteiger partial charge in [-0.3, -0.25) is 0 Å². The van der Waals surface area contributed by atoms with Crippen molar-refractivity contribution in [2.45, 2.75) is 31.2 Å². The van der Waals surface area contributed by atoms with Crippen LogP contribution in [0.2, 0.25) is 0 Å². The predicted octanol–water partition coefficient (Wildman–Crippen LogP) is 5.52. The maximum absolute atomic E-state index is 6.17. The number of aryl methyl sites for hydroxylation is 1. The highest BCUT2D eigenvalue weighted by atomic mass is 79.9. The molecule has 3 aromatic rings. The van der Waals surface area contributed by atoms with E-state index >= 15 is 0 Å². The van der Waals surface area contributed by atoms with E-state index in [1.54, 1.807) is 0 Å². The first-order chi connectivity index (χ1) is 10.3. The molecule has 2 nitrogen and oxygen atoms in total. The van der Waals surface area contributed by atoms with Crippen molar-refractivity contribution in [3.05, 3.63) is 50.4 Å². The minimum absolute atomic E-state index is 0.369. The van der Waals surface area contributed by atoms with Gasteiger partial charge in [0.15, 0.2) is 0 Å². The summed E-state index contributed by atoms with van der Waals surface area (Å²) < 4.78 is 3.43. The average molecular weight is 382 g/mol. The fourth-order valence-electron chi connectivity index (χ4n) is 3.29. The first-order valence-corrected chi connectivity index (χ1v) is 9.27. The standard InChI is InChI=1S/C16H14BrClN2S/c17-10-4-5-12-14(8-10)20(16(9-18)19-12)13-2-1-3-15-11(13)6-7-21-15/h4-8,13H,1-3,9H2. The highest BCUT2D eigenvalue weighted by Crippen LogP contribution is 2.39. The molecule has 108 valence electrons. The highest BCUT2D eigenvalue weighted by Gasteiger charge is 2.26. The molecule has 2 aromatic heterocycles. The molecule has 0 saturated heterocycles. The Bertz CT molecular complexity index is 808. The van der Waals surface area contributed by atoms with Crippen molar-refractivity contribution in [1.29, 1.82) is 0 Å². The summed E-state index contributed by atoms with van der Waals surface area (Å²) in [7, 11) is 0. The molecule has 2 heterocycles. The first kappa shape index (κ1) is 13.8. The summed E-state index contributed by atoms with van der Waals surface area (Å²) in [5.74, 6) is 1.41. The molecule has 0 spiro atoms. The molecule has 5 heteroatoms. The van der Waals surface area contributed by atoms with E-state index in [4.69, 9.17) is 16.6 Å². The summed E-state index contributed by atoms with van der Waals surface area (Å²) in [4.78, 5) is 6.24. The van der Waals surface area contributed by atoms with E-state index in [9.17, 15) is 0 Å². The molecule has 1 aliphatic rings. The highest BCUT2D eigenvalue weighted by molar-refractivity contribution is 9.10. The van der Waals surface area contributed by atoms with Crippen molar-refractivity contribution in [2.75, 3.05) is 0 Å². The van der Waals surface area contributed by atoms with Crippen LogP contribution in [0, 0.1) is 0 Å². The molecule has 0 radical (unpaired) electrons. The van der Waals surface area contributed by atoms with Gasteiger partial charge in [0.2, 0.25) is 0 Å². The Kier molecular flexibility index (Phi) is 3.56. The quantitative estimate of drug-likeness (QED) is 0.534. The van der Waals surface area contributed by atoms with E-state index in [1.165, 1.54) is 28.8 Å². The van der Waals surface area contributed by atoms with E-state index in [1.807, 2.05) is 17.4 Å². The van der Waals surface area contributed by atoms with Crippen LogP contribution in [0.25, 0.3) is 11.0 Å².